The third-order valence-corrected chi connectivity index (χ3v) is 3.19. The van der Waals surface area contributed by atoms with Gasteiger partial charge in [0, 0.05) is 10.6 Å². The molecule has 0 spiro atoms. The SMILES string of the molecule is C[C@H](C(=O)O)N(C)Cc1nc(-c2cccc(Cl)c2)no1. The molecule has 0 saturated heterocycles. The molecule has 2 aromatic rings. The molecule has 0 fully saturated rings. The van der Waals surface area contributed by atoms with Crippen molar-refractivity contribution in [3.05, 3.63) is 35.2 Å². The molecule has 1 aromatic carbocycles. The van der Waals surface area contributed by atoms with Gasteiger partial charge in [-0.3, -0.25) is 9.69 Å². The number of carboxylic acid groups (broad SMARTS) is 1. The van der Waals surface area contributed by atoms with Crippen LogP contribution < -0.4 is 0 Å². The van der Waals surface area contributed by atoms with Crippen LogP contribution in [-0.4, -0.2) is 39.2 Å². The normalized spacial score (nSPS) is 12.6. The zero-order valence-corrected chi connectivity index (χ0v) is 11.8. The fourth-order valence-corrected chi connectivity index (χ4v) is 1.79. The van der Waals surface area contributed by atoms with E-state index in [2.05, 4.69) is 10.1 Å². The molecule has 1 heterocycles. The Hall–Kier alpha value is -1.92. The first kappa shape index (κ1) is 14.5. The van der Waals surface area contributed by atoms with Gasteiger partial charge in [-0.25, -0.2) is 0 Å². The van der Waals surface area contributed by atoms with Crippen molar-refractivity contribution in [2.45, 2.75) is 19.5 Å². The number of carbonyl (C=O) groups is 1. The molecule has 0 aliphatic rings. The lowest BCUT2D eigenvalue weighted by molar-refractivity contribution is -0.142. The Morgan fingerprint density at radius 2 is 2.30 bits per heavy atom. The first-order valence-corrected chi connectivity index (χ1v) is 6.36. The highest BCUT2D eigenvalue weighted by atomic mass is 35.5. The summed E-state index contributed by atoms with van der Waals surface area (Å²) < 4.78 is 5.12. The maximum Gasteiger partial charge on any atom is 0.320 e. The van der Waals surface area contributed by atoms with Crippen LogP contribution in [0, 0.1) is 0 Å². The minimum absolute atomic E-state index is 0.265. The number of nitrogens with zero attached hydrogens (tertiary/aromatic N) is 3. The molecule has 0 amide bonds. The molecule has 0 radical (unpaired) electrons. The lowest BCUT2D eigenvalue weighted by atomic mass is 10.2. The van der Waals surface area contributed by atoms with E-state index < -0.39 is 12.0 Å². The van der Waals surface area contributed by atoms with Crippen molar-refractivity contribution in [3.63, 3.8) is 0 Å². The van der Waals surface area contributed by atoms with E-state index in [4.69, 9.17) is 21.2 Å². The van der Waals surface area contributed by atoms with Crippen LogP contribution in [0.1, 0.15) is 12.8 Å². The van der Waals surface area contributed by atoms with Crippen molar-refractivity contribution in [1.29, 1.82) is 0 Å². The van der Waals surface area contributed by atoms with Gasteiger partial charge < -0.3 is 9.63 Å². The van der Waals surface area contributed by atoms with Gasteiger partial charge in [0.05, 0.1) is 6.54 Å². The van der Waals surface area contributed by atoms with E-state index in [0.29, 0.717) is 16.7 Å². The molecule has 2 rings (SSSR count). The number of hydrogen-bond acceptors (Lipinski definition) is 5. The third kappa shape index (κ3) is 3.34. The summed E-state index contributed by atoms with van der Waals surface area (Å²) in [4.78, 5) is 16.7. The average Bonchev–Trinajstić information content (AvgIpc) is 2.86. The lowest BCUT2D eigenvalue weighted by Gasteiger charge is -2.18. The summed E-state index contributed by atoms with van der Waals surface area (Å²) >= 11 is 5.90. The minimum Gasteiger partial charge on any atom is -0.480 e. The van der Waals surface area contributed by atoms with E-state index in [1.807, 2.05) is 6.07 Å². The lowest BCUT2D eigenvalue weighted by Crippen LogP contribution is -2.35. The summed E-state index contributed by atoms with van der Waals surface area (Å²) in [6.45, 7) is 1.86. The molecular formula is C13H14ClN3O3. The molecule has 0 unspecified atom stereocenters. The average molecular weight is 296 g/mol. The van der Waals surface area contributed by atoms with Crippen molar-refractivity contribution in [2.75, 3.05) is 7.05 Å². The molecule has 106 valence electrons. The molecule has 0 bridgehead atoms. The summed E-state index contributed by atoms with van der Waals surface area (Å²) in [5.74, 6) is -0.114. The van der Waals surface area contributed by atoms with Gasteiger partial charge >= 0.3 is 5.97 Å². The second kappa shape index (κ2) is 6.02. The topological polar surface area (TPSA) is 79.5 Å². The molecule has 20 heavy (non-hydrogen) atoms. The third-order valence-electron chi connectivity index (χ3n) is 2.95. The molecular weight excluding hydrogens is 282 g/mol. The Balaban J connectivity index is 2.11. The van der Waals surface area contributed by atoms with Gasteiger partial charge in [-0.15, -0.1) is 0 Å². The molecule has 7 heteroatoms. The van der Waals surface area contributed by atoms with Gasteiger partial charge in [0.25, 0.3) is 0 Å². The molecule has 0 aliphatic carbocycles. The maximum absolute atomic E-state index is 10.9. The highest BCUT2D eigenvalue weighted by Crippen LogP contribution is 2.20. The Morgan fingerprint density at radius 3 is 2.95 bits per heavy atom. The quantitative estimate of drug-likeness (QED) is 0.911. The van der Waals surface area contributed by atoms with Crippen LogP contribution in [0.25, 0.3) is 11.4 Å². The molecule has 0 saturated carbocycles. The predicted molar refractivity (Wildman–Crippen MR) is 73.3 cm³/mol. The van der Waals surface area contributed by atoms with E-state index in [0.717, 1.165) is 5.56 Å². The van der Waals surface area contributed by atoms with E-state index in [9.17, 15) is 4.79 Å². The van der Waals surface area contributed by atoms with E-state index in [1.165, 1.54) is 0 Å². The van der Waals surface area contributed by atoms with Crippen molar-refractivity contribution in [3.8, 4) is 11.4 Å². The number of benzene rings is 1. The highest BCUT2D eigenvalue weighted by Gasteiger charge is 2.19. The van der Waals surface area contributed by atoms with Crippen LogP contribution in [0.15, 0.2) is 28.8 Å². The fraction of sp³-hybridized carbons (Fsp3) is 0.308. The Morgan fingerprint density at radius 1 is 1.55 bits per heavy atom. The number of carboxylic acids is 1. The summed E-state index contributed by atoms with van der Waals surface area (Å²) in [6.07, 6.45) is 0. The Bertz CT molecular complexity index is 614. The molecule has 6 nitrogen and oxygen atoms in total. The standard InChI is InChI=1S/C13H14ClN3O3/c1-8(13(18)19)17(2)7-11-15-12(16-20-11)9-4-3-5-10(14)6-9/h3-6,8H,7H2,1-2H3,(H,18,19)/t8-/m1/s1. The van der Waals surface area contributed by atoms with Gasteiger partial charge in [0.1, 0.15) is 6.04 Å². The van der Waals surface area contributed by atoms with Gasteiger partial charge in [0.2, 0.25) is 11.7 Å². The van der Waals surface area contributed by atoms with Gasteiger partial charge in [-0.1, -0.05) is 28.9 Å². The summed E-state index contributed by atoms with van der Waals surface area (Å²) in [5.41, 5.74) is 0.751. The van der Waals surface area contributed by atoms with Gasteiger partial charge in [0.15, 0.2) is 0 Å². The van der Waals surface area contributed by atoms with Crippen LogP contribution in [-0.2, 0) is 11.3 Å². The highest BCUT2D eigenvalue weighted by molar-refractivity contribution is 6.30. The van der Waals surface area contributed by atoms with Gasteiger partial charge in [-0.2, -0.15) is 4.98 Å². The first-order chi connectivity index (χ1) is 9.47. The summed E-state index contributed by atoms with van der Waals surface area (Å²) in [7, 11) is 1.68. The first-order valence-electron chi connectivity index (χ1n) is 5.99. The molecule has 1 atom stereocenters. The van der Waals surface area contributed by atoms with Crippen molar-refractivity contribution >= 4 is 17.6 Å². The summed E-state index contributed by atoms with van der Waals surface area (Å²) in [5, 5.41) is 13.4. The van der Waals surface area contributed by atoms with Crippen LogP contribution in [0.2, 0.25) is 5.02 Å². The van der Waals surface area contributed by atoms with Crippen LogP contribution in [0.4, 0.5) is 0 Å². The fourth-order valence-electron chi connectivity index (χ4n) is 1.60. The second-order valence-corrected chi connectivity index (χ2v) is 4.89. The molecule has 1 N–H and O–H groups in total. The van der Waals surface area contributed by atoms with Crippen LogP contribution in [0.5, 0.6) is 0 Å². The van der Waals surface area contributed by atoms with E-state index in [1.54, 1.807) is 37.1 Å². The minimum atomic E-state index is -0.901. The number of rotatable bonds is 5. The number of halogens is 1. The Kier molecular flexibility index (Phi) is 4.36. The van der Waals surface area contributed by atoms with Crippen molar-refractivity contribution < 1.29 is 14.4 Å². The van der Waals surface area contributed by atoms with E-state index >= 15 is 0 Å². The molecule has 1 aromatic heterocycles. The smallest absolute Gasteiger partial charge is 0.320 e. The number of aliphatic carboxylic acids is 1. The van der Waals surface area contributed by atoms with Crippen molar-refractivity contribution in [2.24, 2.45) is 0 Å². The second-order valence-electron chi connectivity index (χ2n) is 4.45. The monoisotopic (exact) mass is 295 g/mol. The largest absolute Gasteiger partial charge is 0.480 e. The predicted octanol–water partition coefficient (Wildman–Crippen LogP) is 2.29. The summed E-state index contributed by atoms with van der Waals surface area (Å²) in [6, 6.07) is 6.49. The van der Waals surface area contributed by atoms with E-state index in [-0.39, 0.29) is 6.54 Å². The maximum atomic E-state index is 10.9. The van der Waals surface area contributed by atoms with Crippen molar-refractivity contribution in [1.82, 2.24) is 15.0 Å². The zero-order chi connectivity index (χ0) is 14.7. The zero-order valence-electron chi connectivity index (χ0n) is 11.1. The van der Waals surface area contributed by atoms with Gasteiger partial charge in [-0.05, 0) is 26.1 Å². The van der Waals surface area contributed by atoms with Crippen LogP contribution in [0.3, 0.4) is 0 Å². The van der Waals surface area contributed by atoms with Crippen LogP contribution >= 0.6 is 11.6 Å². The molecule has 0 aliphatic heterocycles. The number of likely N-dealkylation sites (N-methyl/N-ethyl adjacent to an activating group) is 1. The Labute approximate surface area is 121 Å². The number of hydrogen-bond donors (Lipinski definition) is 1. The number of aromatic nitrogens is 2.